The summed E-state index contributed by atoms with van der Waals surface area (Å²) in [4.78, 5) is 10.9. The molecule has 0 aromatic heterocycles. The van der Waals surface area contributed by atoms with Gasteiger partial charge >= 0.3 is 6.09 Å². The van der Waals surface area contributed by atoms with Gasteiger partial charge in [0.25, 0.3) is 0 Å². The standard InChI is InChI=1S/C8H17N3O2/c1-3-5-6(7(9)10)11-8(12)13-4-2/h6H,3-5H2,1-2H3,(H3,9,10)(H,11,12). The number of carbonyl (C=O) groups excluding carboxylic acids is 1. The zero-order chi connectivity index (χ0) is 10.3. The van der Waals surface area contributed by atoms with E-state index in [9.17, 15) is 4.79 Å². The van der Waals surface area contributed by atoms with Gasteiger partial charge in [-0.3, -0.25) is 5.41 Å². The lowest BCUT2D eigenvalue weighted by molar-refractivity contribution is 0.150. The molecule has 0 aliphatic heterocycles. The summed E-state index contributed by atoms with van der Waals surface area (Å²) in [5.74, 6) is -0.0325. The van der Waals surface area contributed by atoms with E-state index in [0.29, 0.717) is 13.0 Å². The summed E-state index contributed by atoms with van der Waals surface area (Å²) >= 11 is 0. The third-order valence-corrected chi connectivity index (χ3v) is 1.52. The second kappa shape index (κ2) is 6.28. The minimum absolute atomic E-state index is 0.0325. The Kier molecular flexibility index (Phi) is 5.67. The fourth-order valence-electron chi connectivity index (χ4n) is 0.909. The third-order valence-electron chi connectivity index (χ3n) is 1.52. The Morgan fingerprint density at radius 2 is 2.23 bits per heavy atom. The van der Waals surface area contributed by atoms with Crippen LogP contribution in [0.15, 0.2) is 0 Å². The minimum Gasteiger partial charge on any atom is -0.450 e. The summed E-state index contributed by atoms with van der Waals surface area (Å²) in [7, 11) is 0. The van der Waals surface area contributed by atoms with Gasteiger partial charge in [0.1, 0.15) is 5.84 Å². The van der Waals surface area contributed by atoms with Crippen molar-refractivity contribution in [2.24, 2.45) is 5.73 Å². The molecule has 0 aliphatic carbocycles. The van der Waals surface area contributed by atoms with Crippen LogP contribution in [0.3, 0.4) is 0 Å². The third kappa shape index (κ3) is 5.05. The van der Waals surface area contributed by atoms with Crippen molar-refractivity contribution in [1.29, 1.82) is 5.41 Å². The molecule has 0 heterocycles. The number of amides is 1. The zero-order valence-electron chi connectivity index (χ0n) is 8.09. The average Bonchev–Trinajstić information content (AvgIpc) is 2.04. The molecule has 1 amide bonds. The molecule has 0 aliphatic rings. The second-order valence-corrected chi connectivity index (χ2v) is 2.66. The first kappa shape index (κ1) is 11.7. The first-order chi connectivity index (χ1) is 6.11. The Labute approximate surface area is 78.1 Å². The van der Waals surface area contributed by atoms with Crippen molar-refractivity contribution in [1.82, 2.24) is 5.32 Å². The van der Waals surface area contributed by atoms with Crippen LogP contribution >= 0.6 is 0 Å². The highest BCUT2D eigenvalue weighted by molar-refractivity contribution is 5.86. The van der Waals surface area contributed by atoms with E-state index in [4.69, 9.17) is 11.1 Å². The predicted molar refractivity (Wildman–Crippen MR) is 50.8 cm³/mol. The fourth-order valence-corrected chi connectivity index (χ4v) is 0.909. The molecule has 1 atom stereocenters. The van der Waals surface area contributed by atoms with Gasteiger partial charge in [-0.2, -0.15) is 0 Å². The van der Waals surface area contributed by atoms with Gasteiger partial charge in [-0.1, -0.05) is 13.3 Å². The molecule has 0 fully saturated rings. The number of amidine groups is 1. The number of carbonyl (C=O) groups is 1. The lowest BCUT2D eigenvalue weighted by Crippen LogP contribution is -2.44. The molecule has 0 rings (SSSR count). The maximum absolute atomic E-state index is 10.9. The molecule has 4 N–H and O–H groups in total. The number of alkyl carbamates (subject to hydrolysis) is 1. The highest BCUT2D eigenvalue weighted by Gasteiger charge is 2.14. The molecule has 0 saturated carbocycles. The summed E-state index contributed by atoms with van der Waals surface area (Å²) in [6.45, 7) is 4.01. The van der Waals surface area contributed by atoms with Crippen LogP contribution in [0, 0.1) is 5.41 Å². The van der Waals surface area contributed by atoms with E-state index >= 15 is 0 Å². The molecular weight excluding hydrogens is 170 g/mol. The molecular formula is C8H17N3O2. The van der Waals surface area contributed by atoms with Crippen LogP contribution in [0.25, 0.3) is 0 Å². The van der Waals surface area contributed by atoms with E-state index in [-0.39, 0.29) is 5.84 Å². The Hall–Kier alpha value is -1.26. The summed E-state index contributed by atoms with van der Waals surface area (Å²) in [6.07, 6.45) is 1.00. The molecule has 0 bridgehead atoms. The van der Waals surface area contributed by atoms with Crippen molar-refractivity contribution >= 4 is 11.9 Å². The Morgan fingerprint density at radius 3 is 2.62 bits per heavy atom. The largest absolute Gasteiger partial charge is 0.450 e. The van der Waals surface area contributed by atoms with E-state index < -0.39 is 12.1 Å². The highest BCUT2D eigenvalue weighted by Crippen LogP contribution is 1.96. The van der Waals surface area contributed by atoms with Crippen LogP contribution in [0.5, 0.6) is 0 Å². The van der Waals surface area contributed by atoms with E-state index in [1.807, 2.05) is 6.92 Å². The van der Waals surface area contributed by atoms with Crippen molar-refractivity contribution in [2.45, 2.75) is 32.7 Å². The lowest BCUT2D eigenvalue weighted by Gasteiger charge is -2.15. The topological polar surface area (TPSA) is 88.2 Å². The SMILES string of the molecule is CCCC(NC(=O)OCC)C(=N)N. The Balaban J connectivity index is 3.94. The van der Waals surface area contributed by atoms with Crippen LogP contribution in [0.1, 0.15) is 26.7 Å². The van der Waals surface area contributed by atoms with Crippen molar-refractivity contribution in [3.05, 3.63) is 0 Å². The maximum Gasteiger partial charge on any atom is 0.407 e. The average molecular weight is 187 g/mol. The number of nitrogens with two attached hydrogens (primary N) is 1. The number of hydrogen-bond acceptors (Lipinski definition) is 3. The molecule has 76 valence electrons. The lowest BCUT2D eigenvalue weighted by atomic mass is 10.1. The van der Waals surface area contributed by atoms with Crippen molar-refractivity contribution in [3.8, 4) is 0 Å². The molecule has 1 unspecified atom stereocenters. The van der Waals surface area contributed by atoms with Gasteiger partial charge in [0.05, 0.1) is 12.6 Å². The summed E-state index contributed by atoms with van der Waals surface area (Å²) < 4.78 is 4.67. The van der Waals surface area contributed by atoms with Crippen LogP contribution < -0.4 is 11.1 Å². The van der Waals surface area contributed by atoms with E-state index in [1.165, 1.54) is 0 Å². The Bertz CT molecular complexity index is 182. The molecule has 0 radical (unpaired) electrons. The van der Waals surface area contributed by atoms with Gasteiger partial charge < -0.3 is 15.8 Å². The van der Waals surface area contributed by atoms with Crippen LogP contribution in [-0.2, 0) is 4.74 Å². The van der Waals surface area contributed by atoms with E-state index in [2.05, 4.69) is 10.1 Å². The quantitative estimate of drug-likeness (QED) is 0.440. The number of nitrogens with one attached hydrogen (secondary N) is 2. The van der Waals surface area contributed by atoms with E-state index in [1.54, 1.807) is 6.92 Å². The number of rotatable bonds is 5. The maximum atomic E-state index is 10.9. The number of ether oxygens (including phenoxy) is 1. The molecule has 0 aromatic rings. The summed E-state index contributed by atoms with van der Waals surface area (Å²) in [5, 5.41) is 9.70. The minimum atomic E-state index is -0.517. The van der Waals surface area contributed by atoms with Gasteiger partial charge in [-0.25, -0.2) is 4.79 Å². The van der Waals surface area contributed by atoms with Gasteiger partial charge in [0.2, 0.25) is 0 Å². The highest BCUT2D eigenvalue weighted by atomic mass is 16.5. The monoisotopic (exact) mass is 187 g/mol. The molecule has 0 aromatic carbocycles. The first-order valence-electron chi connectivity index (χ1n) is 4.39. The van der Waals surface area contributed by atoms with Gasteiger partial charge in [0.15, 0.2) is 0 Å². The van der Waals surface area contributed by atoms with Crippen LogP contribution in [-0.4, -0.2) is 24.6 Å². The van der Waals surface area contributed by atoms with Crippen molar-refractivity contribution in [3.63, 3.8) is 0 Å². The molecule has 0 saturated heterocycles. The second-order valence-electron chi connectivity index (χ2n) is 2.66. The summed E-state index contributed by atoms with van der Waals surface area (Å²) in [6, 6.07) is -0.399. The van der Waals surface area contributed by atoms with Crippen LogP contribution in [0.4, 0.5) is 4.79 Å². The van der Waals surface area contributed by atoms with Gasteiger partial charge in [-0.15, -0.1) is 0 Å². The zero-order valence-corrected chi connectivity index (χ0v) is 8.09. The van der Waals surface area contributed by atoms with Gasteiger partial charge in [0, 0.05) is 0 Å². The molecule has 5 nitrogen and oxygen atoms in total. The Morgan fingerprint density at radius 1 is 1.62 bits per heavy atom. The van der Waals surface area contributed by atoms with Crippen LogP contribution in [0.2, 0.25) is 0 Å². The number of hydrogen-bond donors (Lipinski definition) is 3. The predicted octanol–water partition coefficient (Wildman–Crippen LogP) is 0.837. The normalized spacial score (nSPS) is 11.8. The van der Waals surface area contributed by atoms with Crippen molar-refractivity contribution < 1.29 is 9.53 Å². The first-order valence-corrected chi connectivity index (χ1v) is 4.39. The van der Waals surface area contributed by atoms with Gasteiger partial charge in [-0.05, 0) is 13.3 Å². The fraction of sp³-hybridized carbons (Fsp3) is 0.750. The molecule has 13 heavy (non-hydrogen) atoms. The van der Waals surface area contributed by atoms with E-state index in [0.717, 1.165) is 6.42 Å². The summed E-state index contributed by atoms with van der Waals surface area (Å²) in [5.41, 5.74) is 5.28. The smallest absolute Gasteiger partial charge is 0.407 e. The molecule has 0 spiro atoms. The van der Waals surface area contributed by atoms with Crippen molar-refractivity contribution in [2.75, 3.05) is 6.61 Å². The molecule has 5 heteroatoms.